The van der Waals surface area contributed by atoms with Gasteiger partial charge in [-0.25, -0.2) is 4.39 Å². The predicted molar refractivity (Wildman–Crippen MR) is 72.1 cm³/mol. The van der Waals surface area contributed by atoms with Gasteiger partial charge in [0.25, 0.3) is 0 Å². The zero-order chi connectivity index (χ0) is 13.1. The first-order chi connectivity index (χ1) is 8.61. The van der Waals surface area contributed by atoms with E-state index in [0.29, 0.717) is 5.92 Å². The van der Waals surface area contributed by atoms with Crippen LogP contribution in [0.15, 0.2) is 12.1 Å². The summed E-state index contributed by atoms with van der Waals surface area (Å²) in [6.07, 6.45) is 1.85. The van der Waals surface area contributed by atoms with Crippen LogP contribution < -0.4 is 10.1 Å². The van der Waals surface area contributed by atoms with Crippen molar-refractivity contribution in [2.24, 2.45) is 5.92 Å². The Balaban J connectivity index is 2.16. The van der Waals surface area contributed by atoms with Crippen LogP contribution in [0.1, 0.15) is 19.8 Å². The predicted octanol–water partition coefficient (Wildman–Crippen LogP) is 3.90. The number of ether oxygens (including phenoxy) is 1. The molecule has 1 aromatic carbocycles. The molecule has 1 aromatic rings. The molecule has 1 heterocycles. The van der Waals surface area contributed by atoms with Gasteiger partial charge in [0.1, 0.15) is 6.10 Å². The van der Waals surface area contributed by atoms with Crippen molar-refractivity contribution in [1.29, 1.82) is 0 Å². The maximum atomic E-state index is 13.8. The maximum absolute atomic E-state index is 13.8. The largest absolute Gasteiger partial charge is 0.485 e. The van der Waals surface area contributed by atoms with E-state index in [1.165, 1.54) is 12.1 Å². The number of rotatable bonds is 4. The van der Waals surface area contributed by atoms with E-state index in [-0.39, 0.29) is 21.9 Å². The second-order valence-electron chi connectivity index (χ2n) is 4.52. The van der Waals surface area contributed by atoms with Crippen molar-refractivity contribution < 1.29 is 9.13 Å². The van der Waals surface area contributed by atoms with E-state index in [1.54, 1.807) is 0 Å². The second-order valence-corrected chi connectivity index (χ2v) is 5.36. The third kappa shape index (κ3) is 3.08. The molecule has 1 aliphatic rings. The zero-order valence-corrected chi connectivity index (χ0v) is 11.7. The number of benzene rings is 1. The molecule has 2 rings (SSSR count). The molecule has 100 valence electrons. The molecule has 0 amide bonds. The van der Waals surface area contributed by atoms with Crippen LogP contribution in [0.5, 0.6) is 5.75 Å². The Morgan fingerprint density at radius 1 is 1.50 bits per heavy atom. The summed E-state index contributed by atoms with van der Waals surface area (Å²) in [5, 5.41) is 3.79. The van der Waals surface area contributed by atoms with E-state index in [1.807, 2.05) is 6.92 Å². The highest BCUT2D eigenvalue weighted by atomic mass is 35.5. The molecule has 0 spiro atoms. The van der Waals surface area contributed by atoms with Gasteiger partial charge in [-0.15, -0.1) is 0 Å². The lowest BCUT2D eigenvalue weighted by Crippen LogP contribution is -2.28. The zero-order valence-electron chi connectivity index (χ0n) is 10.2. The van der Waals surface area contributed by atoms with Crippen LogP contribution in [0.25, 0.3) is 0 Å². The lowest BCUT2D eigenvalue weighted by Gasteiger charge is -2.24. The first-order valence-corrected chi connectivity index (χ1v) is 6.89. The monoisotopic (exact) mass is 291 g/mol. The summed E-state index contributed by atoms with van der Waals surface area (Å²) in [5.74, 6) is 0.0119. The molecule has 1 saturated heterocycles. The Labute approximate surface area is 116 Å². The highest BCUT2D eigenvalue weighted by Gasteiger charge is 2.26. The average molecular weight is 292 g/mol. The molecular formula is C13H16Cl2FNO. The van der Waals surface area contributed by atoms with Crippen molar-refractivity contribution in [3.05, 3.63) is 28.0 Å². The van der Waals surface area contributed by atoms with Crippen LogP contribution in [0.4, 0.5) is 4.39 Å². The van der Waals surface area contributed by atoms with E-state index in [2.05, 4.69) is 5.32 Å². The van der Waals surface area contributed by atoms with Crippen LogP contribution in [-0.2, 0) is 0 Å². The minimum absolute atomic E-state index is 0.0202. The second kappa shape index (κ2) is 6.09. The lowest BCUT2D eigenvalue weighted by molar-refractivity contribution is 0.133. The first kappa shape index (κ1) is 13.9. The smallest absolute Gasteiger partial charge is 0.174 e. The van der Waals surface area contributed by atoms with E-state index in [9.17, 15) is 4.39 Å². The van der Waals surface area contributed by atoms with Gasteiger partial charge in [-0.1, -0.05) is 30.1 Å². The fourth-order valence-electron chi connectivity index (χ4n) is 2.30. The number of halogens is 3. The van der Waals surface area contributed by atoms with Crippen molar-refractivity contribution >= 4 is 23.2 Å². The Morgan fingerprint density at radius 3 is 2.83 bits per heavy atom. The topological polar surface area (TPSA) is 21.3 Å². The average Bonchev–Trinajstić information content (AvgIpc) is 2.81. The SMILES string of the molecule is CC[C@H](Oc1c(F)cc(Cl)cc1Cl)[C@H]1CCNC1. The van der Waals surface area contributed by atoms with Crippen LogP contribution in [-0.4, -0.2) is 19.2 Å². The third-order valence-corrected chi connectivity index (χ3v) is 3.76. The first-order valence-electron chi connectivity index (χ1n) is 6.13. The third-order valence-electron chi connectivity index (χ3n) is 3.26. The molecule has 5 heteroatoms. The summed E-state index contributed by atoms with van der Waals surface area (Å²) in [6.45, 7) is 3.93. The van der Waals surface area contributed by atoms with Gasteiger partial charge in [0, 0.05) is 17.5 Å². The fourth-order valence-corrected chi connectivity index (χ4v) is 2.81. The summed E-state index contributed by atoms with van der Waals surface area (Å²) in [4.78, 5) is 0. The Bertz CT molecular complexity index is 398. The molecule has 1 N–H and O–H groups in total. The van der Waals surface area contributed by atoms with Crippen molar-refractivity contribution in [2.45, 2.75) is 25.9 Å². The van der Waals surface area contributed by atoms with E-state index in [0.717, 1.165) is 25.9 Å². The summed E-state index contributed by atoms with van der Waals surface area (Å²) < 4.78 is 19.5. The fraction of sp³-hybridized carbons (Fsp3) is 0.538. The highest BCUT2D eigenvalue weighted by Crippen LogP contribution is 2.33. The molecule has 0 aliphatic carbocycles. The van der Waals surface area contributed by atoms with Crippen molar-refractivity contribution in [3.63, 3.8) is 0 Å². The van der Waals surface area contributed by atoms with Crippen molar-refractivity contribution in [2.75, 3.05) is 13.1 Å². The van der Waals surface area contributed by atoms with Gasteiger partial charge in [-0.2, -0.15) is 0 Å². The van der Waals surface area contributed by atoms with Gasteiger partial charge in [0.2, 0.25) is 0 Å². The van der Waals surface area contributed by atoms with E-state index >= 15 is 0 Å². The minimum Gasteiger partial charge on any atom is -0.485 e. The molecule has 0 bridgehead atoms. The number of hydrogen-bond donors (Lipinski definition) is 1. The quantitative estimate of drug-likeness (QED) is 0.908. The van der Waals surface area contributed by atoms with Crippen LogP contribution in [0.2, 0.25) is 10.0 Å². The molecule has 2 nitrogen and oxygen atoms in total. The molecule has 2 atom stereocenters. The Morgan fingerprint density at radius 2 is 2.28 bits per heavy atom. The maximum Gasteiger partial charge on any atom is 0.174 e. The summed E-state index contributed by atoms with van der Waals surface area (Å²) >= 11 is 11.7. The van der Waals surface area contributed by atoms with Gasteiger partial charge >= 0.3 is 0 Å². The van der Waals surface area contributed by atoms with Gasteiger partial charge in [-0.05, 0) is 31.5 Å². The van der Waals surface area contributed by atoms with Crippen LogP contribution in [0.3, 0.4) is 0 Å². The van der Waals surface area contributed by atoms with Gasteiger partial charge in [0.05, 0.1) is 5.02 Å². The highest BCUT2D eigenvalue weighted by molar-refractivity contribution is 6.35. The Hall–Kier alpha value is -0.510. The van der Waals surface area contributed by atoms with Gasteiger partial charge in [0.15, 0.2) is 11.6 Å². The standard InChI is InChI=1S/C13H16Cl2FNO/c1-2-12(8-3-4-17-7-8)18-13-10(15)5-9(14)6-11(13)16/h5-6,8,12,17H,2-4,7H2,1H3/t8-,12-/m0/s1. The summed E-state index contributed by atoms with van der Waals surface area (Å²) in [6, 6.07) is 2.73. The van der Waals surface area contributed by atoms with Crippen LogP contribution in [0, 0.1) is 11.7 Å². The molecule has 0 radical (unpaired) electrons. The lowest BCUT2D eigenvalue weighted by atomic mass is 9.99. The van der Waals surface area contributed by atoms with Crippen molar-refractivity contribution in [3.8, 4) is 5.75 Å². The summed E-state index contributed by atoms with van der Waals surface area (Å²) in [7, 11) is 0. The minimum atomic E-state index is -0.503. The van der Waals surface area contributed by atoms with Crippen LogP contribution >= 0.6 is 23.2 Å². The van der Waals surface area contributed by atoms with Gasteiger partial charge in [-0.3, -0.25) is 0 Å². The van der Waals surface area contributed by atoms with Crippen molar-refractivity contribution in [1.82, 2.24) is 5.32 Å². The summed E-state index contributed by atoms with van der Waals surface area (Å²) in [5.41, 5.74) is 0. The molecule has 1 aliphatic heterocycles. The van der Waals surface area contributed by atoms with Gasteiger partial charge < -0.3 is 10.1 Å². The molecule has 1 fully saturated rings. The molecule has 0 unspecified atom stereocenters. The van der Waals surface area contributed by atoms with E-state index < -0.39 is 5.82 Å². The normalized spacial score (nSPS) is 21.0. The molecule has 18 heavy (non-hydrogen) atoms. The Kier molecular flexibility index (Phi) is 4.71. The molecular weight excluding hydrogens is 276 g/mol. The molecule has 0 saturated carbocycles. The number of nitrogens with one attached hydrogen (secondary N) is 1. The number of hydrogen-bond acceptors (Lipinski definition) is 2. The molecule has 0 aromatic heterocycles. The van der Waals surface area contributed by atoms with E-state index in [4.69, 9.17) is 27.9 Å².